The summed E-state index contributed by atoms with van der Waals surface area (Å²) in [6.07, 6.45) is -0.801. The molecule has 0 radical (unpaired) electrons. The number of hydrogen-bond donors (Lipinski definition) is 4. The van der Waals surface area contributed by atoms with Gasteiger partial charge in [0.05, 0.1) is 16.4 Å². The summed E-state index contributed by atoms with van der Waals surface area (Å²) in [7, 11) is -8.04. The summed E-state index contributed by atoms with van der Waals surface area (Å²) in [5.74, 6) is 0.699. The first kappa shape index (κ1) is 29.2. The highest BCUT2D eigenvalue weighted by molar-refractivity contribution is 7.86. The Kier molecular flexibility index (Phi) is 11.9. The highest BCUT2D eigenvalue weighted by Gasteiger charge is 2.07. The van der Waals surface area contributed by atoms with Crippen molar-refractivity contribution in [1.29, 1.82) is 0 Å². The molecule has 1 unspecified atom stereocenters. The third-order valence-electron chi connectivity index (χ3n) is 4.03. The summed E-state index contributed by atoms with van der Waals surface area (Å²) in [5, 5.41) is 17.4. The van der Waals surface area contributed by atoms with E-state index in [0.717, 1.165) is 11.1 Å². The number of rotatable bonds is 6. The molecule has 9 nitrogen and oxygen atoms in total. The van der Waals surface area contributed by atoms with Gasteiger partial charge in [0.25, 0.3) is 20.2 Å². The van der Waals surface area contributed by atoms with E-state index in [-0.39, 0.29) is 23.0 Å². The molecular weight excluding hydrogens is 484 g/mol. The van der Waals surface area contributed by atoms with Crippen LogP contribution in [0.25, 0.3) is 0 Å². The summed E-state index contributed by atoms with van der Waals surface area (Å²) in [6, 6.07) is 21.1. The van der Waals surface area contributed by atoms with Gasteiger partial charge in [-0.05, 0) is 50.2 Å². The van der Waals surface area contributed by atoms with Gasteiger partial charge in [0.2, 0.25) is 0 Å². The summed E-state index contributed by atoms with van der Waals surface area (Å²) >= 11 is 0. The molecule has 0 fully saturated rings. The Balaban J connectivity index is 0.000000255. The molecule has 0 saturated heterocycles. The van der Waals surface area contributed by atoms with Crippen molar-refractivity contribution in [1.82, 2.24) is 0 Å². The van der Waals surface area contributed by atoms with Gasteiger partial charge in [-0.1, -0.05) is 53.6 Å². The van der Waals surface area contributed by atoms with Gasteiger partial charge in [-0.2, -0.15) is 16.8 Å². The Hall–Kier alpha value is -2.80. The maximum atomic E-state index is 10.5. The first-order chi connectivity index (χ1) is 15.8. The Morgan fingerprint density at radius 1 is 0.706 bits per heavy atom. The number of hydrogen-bond acceptors (Lipinski definition) is 7. The summed E-state index contributed by atoms with van der Waals surface area (Å²) in [6.45, 7) is 3.54. The Morgan fingerprint density at radius 2 is 1.09 bits per heavy atom. The average molecular weight is 513 g/mol. The normalized spacial score (nSPS) is 11.8. The van der Waals surface area contributed by atoms with Crippen LogP contribution in [-0.4, -0.2) is 55.5 Å². The van der Waals surface area contributed by atoms with Gasteiger partial charge in [0.15, 0.2) is 0 Å². The highest BCUT2D eigenvalue weighted by Crippen LogP contribution is 2.10. The lowest BCUT2D eigenvalue weighted by atomic mass is 10.2. The lowest BCUT2D eigenvalue weighted by Crippen LogP contribution is -2.21. The van der Waals surface area contributed by atoms with Crippen molar-refractivity contribution in [3.63, 3.8) is 0 Å². The fourth-order valence-corrected chi connectivity index (χ4v) is 3.14. The number of aliphatic hydroxyl groups is 2. The Labute approximate surface area is 199 Å². The maximum absolute atomic E-state index is 10.5. The van der Waals surface area contributed by atoms with Gasteiger partial charge in [-0.25, -0.2) is 0 Å². The lowest BCUT2D eigenvalue weighted by molar-refractivity contribution is 0.0536. The zero-order valence-corrected chi connectivity index (χ0v) is 20.3. The second-order valence-electron chi connectivity index (χ2n) is 7.04. The second kappa shape index (κ2) is 13.8. The molecule has 186 valence electrons. The van der Waals surface area contributed by atoms with Crippen LogP contribution in [0, 0.1) is 13.8 Å². The number of aryl methyl sites for hydroxylation is 2. The van der Waals surface area contributed by atoms with E-state index in [0.29, 0.717) is 5.75 Å². The predicted octanol–water partition coefficient (Wildman–Crippen LogP) is 2.90. The van der Waals surface area contributed by atoms with Gasteiger partial charge < -0.3 is 14.9 Å². The van der Waals surface area contributed by atoms with Crippen LogP contribution >= 0.6 is 0 Å². The molecule has 0 spiro atoms. The van der Waals surface area contributed by atoms with Crippen LogP contribution < -0.4 is 4.74 Å². The van der Waals surface area contributed by atoms with Crippen molar-refractivity contribution < 1.29 is 40.9 Å². The molecule has 0 saturated carbocycles. The van der Waals surface area contributed by atoms with Crippen molar-refractivity contribution in [3.05, 3.63) is 90.0 Å². The molecule has 0 heterocycles. The first-order valence-corrected chi connectivity index (χ1v) is 12.8. The third kappa shape index (κ3) is 11.9. The van der Waals surface area contributed by atoms with E-state index in [1.807, 2.05) is 32.0 Å². The van der Waals surface area contributed by atoms with E-state index in [9.17, 15) is 16.8 Å². The summed E-state index contributed by atoms with van der Waals surface area (Å²) < 4.78 is 64.3. The van der Waals surface area contributed by atoms with Crippen molar-refractivity contribution in [2.45, 2.75) is 29.7 Å². The Morgan fingerprint density at radius 3 is 1.41 bits per heavy atom. The van der Waals surface area contributed by atoms with E-state index in [2.05, 4.69) is 0 Å². The van der Waals surface area contributed by atoms with Crippen LogP contribution in [0.4, 0.5) is 0 Å². The predicted molar refractivity (Wildman–Crippen MR) is 127 cm³/mol. The molecule has 0 amide bonds. The largest absolute Gasteiger partial charge is 0.491 e. The van der Waals surface area contributed by atoms with Crippen molar-refractivity contribution in [2.75, 3.05) is 13.2 Å². The van der Waals surface area contributed by atoms with Crippen molar-refractivity contribution in [2.24, 2.45) is 0 Å². The van der Waals surface area contributed by atoms with Crippen LogP contribution in [0.15, 0.2) is 88.7 Å². The molecule has 0 aliphatic heterocycles. The molecule has 0 bridgehead atoms. The first-order valence-electron chi connectivity index (χ1n) is 9.88. The Bertz CT molecular complexity index is 1120. The van der Waals surface area contributed by atoms with Crippen molar-refractivity contribution >= 4 is 20.2 Å². The van der Waals surface area contributed by atoms with E-state index >= 15 is 0 Å². The molecule has 1 atom stereocenters. The third-order valence-corrected chi connectivity index (χ3v) is 5.77. The number of ether oxygens (including phenoxy) is 1. The van der Waals surface area contributed by atoms with Gasteiger partial charge in [0.1, 0.15) is 18.5 Å². The standard InChI is InChI=1S/C9H12O3.2C7H8O3S/c10-6-8(11)7-12-9-4-2-1-3-5-9;2*1-6-2-4-7(5-3-6)11(8,9)10/h1-5,8,10-11H,6-7H2;2*2-5H,1H3,(H,8,9,10). The molecular formula is C23H28O9S2. The van der Waals surface area contributed by atoms with Gasteiger partial charge in [0, 0.05) is 0 Å². The van der Waals surface area contributed by atoms with E-state index < -0.39 is 26.3 Å². The maximum Gasteiger partial charge on any atom is 0.294 e. The zero-order valence-electron chi connectivity index (χ0n) is 18.6. The molecule has 3 rings (SSSR count). The molecule has 0 aliphatic carbocycles. The smallest absolute Gasteiger partial charge is 0.294 e. The molecule has 0 aromatic heterocycles. The minimum atomic E-state index is -4.02. The number of aliphatic hydroxyl groups excluding tert-OH is 2. The summed E-state index contributed by atoms with van der Waals surface area (Å²) in [4.78, 5) is -0.133. The molecule has 3 aromatic rings. The van der Waals surface area contributed by atoms with Crippen LogP contribution in [0.1, 0.15) is 11.1 Å². The fourth-order valence-electron chi connectivity index (χ4n) is 2.18. The van der Waals surface area contributed by atoms with Gasteiger partial charge in [-0.3, -0.25) is 9.11 Å². The SMILES string of the molecule is Cc1ccc(S(=O)(=O)O)cc1.Cc1ccc(S(=O)(=O)O)cc1.OCC(O)COc1ccccc1. The van der Waals surface area contributed by atoms with Crippen LogP contribution in [0.2, 0.25) is 0 Å². The highest BCUT2D eigenvalue weighted by atomic mass is 32.2. The minimum absolute atomic E-state index is 0.0666. The topological polar surface area (TPSA) is 158 Å². The quantitative estimate of drug-likeness (QED) is 0.364. The van der Waals surface area contributed by atoms with Crippen LogP contribution in [0.5, 0.6) is 5.75 Å². The van der Waals surface area contributed by atoms with E-state index in [1.165, 1.54) is 24.3 Å². The molecule has 11 heteroatoms. The monoisotopic (exact) mass is 512 g/mol. The average Bonchev–Trinajstić information content (AvgIpc) is 2.78. The molecule has 4 N–H and O–H groups in total. The minimum Gasteiger partial charge on any atom is -0.491 e. The van der Waals surface area contributed by atoms with Gasteiger partial charge in [-0.15, -0.1) is 0 Å². The molecule has 0 aliphatic rings. The van der Waals surface area contributed by atoms with E-state index in [4.69, 9.17) is 24.1 Å². The van der Waals surface area contributed by atoms with Crippen LogP contribution in [0.3, 0.4) is 0 Å². The fraction of sp³-hybridized carbons (Fsp3) is 0.217. The van der Waals surface area contributed by atoms with Gasteiger partial charge >= 0.3 is 0 Å². The second-order valence-corrected chi connectivity index (χ2v) is 9.88. The summed E-state index contributed by atoms with van der Waals surface area (Å²) in [5.41, 5.74) is 1.91. The lowest BCUT2D eigenvalue weighted by Gasteiger charge is -2.08. The number of para-hydroxylation sites is 1. The molecule has 34 heavy (non-hydrogen) atoms. The zero-order chi connectivity index (χ0) is 25.8. The van der Waals surface area contributed by atoms with E-state index in [1.54, 1.807) is 36.4 Å². The van der Waals surface area contributed by atoms with Crippen LogP contribution in [-0.2, 0) is 20.2 Å². The van der Waals surface area contributed by atoms with Crippen molar-refractivity contribution in [3.8, 4) is 5.75 Å². The number of benzene rings is 3. The molecule has 3 aromatic carbocycles.